The molecule has 0 radical (unpaired) electrons. The van der Waals surface area contributed by atoms with Crippen LogP contribution in [0.15, 0.2) is 11.6 Å². The summed E-state index contributed by atoms with van der Waals surface area (Å²) in [4.78, 5) is 2.23. The molecular weight excluding hydrogens is 402 g/mol. The molecule has 0 N–H and O–H groups in total. The van der Waals surface area contributed by atoms with Crippen molar-refractivity contribution in [1.82, 2.24) is 4.90 Å². The molecule has 0 spiro atoms. The molecule has 0 aromatic rings. The average molecular weight is 458 g/mol. The van der Waals surface area contributed by atoms with Gasteiger partial charge in [0.2, 0.25) is 0 Å². The molecule has 2 heteroatoms. The van der Waals surface area contributed by atoms with E-state index < -0.39 is 0 Å². The highest BCUT2D eigenvalue weighted by Gasteiger charge is 2.59. The summed E-state index contributed by atoms with van der Waals surface area (Å²) in [6, 6.07) is 0. The first-order chi connectivity index (χ1) is 15.6. The van der Waals surface area contributed by atoms with Gasteiger partial charge in [-0.3, -0.25) is 0 Å². The van der Waals surface area contributed by atoms with Gasteiger partial charge in [-0.15, -0.1) is 0 Å². The van der Waals surface area contributed by atoms with Gasteiger partial charge >= 0.3 is 0 Å². The normalized spacial score (nSPS) is 41.5. The smallest absolute Gasteiger partial charge is 0.0613 e. The van der Waals surface area contributed by atoms with Gasteiger partial charge in [-0.2, -0.15) is 0 Å². The second kappa shape index (κ2) is 10.3. The fourth-order valence-electron chi connectivity index (χ4n) is 9.20. The van der Waals surface area contributed by atoms with Gasteiger partial charge in [-0.1, -0.05) is 65.5 Å². The van der Waals surface area contributed by atoms with Crippen LogP contribution in [0, 0.1) is 46.3 Å². The van der Waals surface area contributed by atoms with Crippen molar-refractivity contribution in [2.24, 2.45) is 46.3 Å². The third-order valence-electron chi connectivity index (χ3n) is 11.2. The Morgan fingerprint density at radius 1 is 1.00 bits per heavy atom. The molecule has 3 fully saturated rings. The van der Waals surface area contributed by atoms with Gasteiger partial charge in [-0.25, -0.2) is 0 Å². The van der Waals surface area contributed by atoms with Crippen molar-refractivity contribution in [2.45, 2.75) is 111 Å². The van der Waals surface area contributed by atoms with E-state index in [1.165, 1.54) is 70.6 Å². The van der Waals surface area contributed by atoms with E-state index in [9.17, 15) is 0 Å². The number of fused-ring (bicyclic) bond motifs is 5. The second-order valence-corrected chi connectivity index (χ2v) is 13.8. The van der Waals surface area contributed by atoms with E-state index >= 15 is 0 Å². The van der Waals surface area contributed by atoms with Crippen LogP contribution in [0.4, 0.5) is 0 Å². The maximum Gasteiger partial charge on any atom is 0.0613 e. The zero-order valence-electron chi connectivity index (χ0n) is 23.2. The predicted molar refractivity (Wildman–Crippen MR) is 141 cm³/mol. The van der Waals surface area contributed by atoms with Crippen LogP contribution in [0.1, 0.15) is 105 Å². The lowest BCUT2D eigenvalue weighted by molar-refractivity contribution is -0.0644. The molecule has 0 aliphatic heterocycles. The van der Waals surface area contributed by atoms with Gasteiger partial charge in [0.25, 0.3) is 0 Å². The third kappa shape index (κ3) is 5.13. The number of allylic oxidation sites excluding steroid dienone is 1. The van der Waals surface area contributed by atoms with Gasteiger partial charge < -0.3 is 9.64 Å². The van der Waals surface area contributed by atoms with Gasteiger partial charge in [-0.05, 0) is 112 Å². The van der Waals surface area contributed by atoms with Gasteiger partial charge in [0.05, 0.1) is 12.7 Å². The Balaban J connectivity index is 1.41. The number of hydrogen-bond acceptors (Lipinski definition) is 2. The number of hydrogen-bond donors (Lipinski definition) is 0. The van der Waals surface area contributed by atoms with Crippen molar-refractivity contribution in [3.63, 3.8) is 0 Å². The highest BCUT2D eigenvalue weighted by Crippen LogP contribution is 2.67. The minimum Gasteiger partial charge on any atom is -0.377 e. The van der Waals surface area contributed by atoms with E-state index in [1.807, 2.05) is 0 Å². The molecule has 190 valence electrons. The van der Waals surface area contributed by atoms with Gasteiger partial charge in [0.1, 0.15) is 0 Å². The number of ether oxygens (including phenoxy) is 1. The molecule has 0 aromatic heterocycles. The standard InChI is InChI=1S/C31H55NO/c1-22(2)9-8-10-23(3)27-13-14-28-26-12-11-24-21-25(33-20-19-32(6)7)15-17-30(24,4)29(26)16-18-31(27,28)5/h11,22-23,25-29H,8-10,12-21H2,1-7H3/t23-,25?,26?,27?,28?,29?,30?,31?/m1/s1. The molecule has 0 heterocycles. The summed E-state index contributed by atoms with van der Waals surface area (Å²) in [5.74, 6) is 5.57. The molecule has 0 amide bonds. The van der Waals surface area contributed by atoms with Crippen molar-refractivity contribution < 1.29 is 4.74 Å². The monoisotopic (exact) mass is 457 g/mol. The summed E-state index contributed by atoms with van der Waals surface area (Å²) < 4.78 is 6.31. The Hall–Kier alpha value is -0.340. The number of rotatable bonds is 9. The van der Waals surface area contributed by atoms with Gasteiger partial charge in [0, 0.05) is 6.54 Å². The molecule has 8 atom stereocenters. The van der Waals surface area contributed by atoms with Crippen LogP contribution in [-0.4, -0.2) is 38.3 Å². The van der Waals surface area contributed by atoms with Crippen LogP contribution < -0.4 is 0 Å². The SMILES string of the molecule is CC(C)CCC[C@@H](C)C1CCC2C3CC=C4CC(OCCN(C)C)CCC4(C)C3CCC21C. The quantitative estimate of drug-likeness (QED) is 0.325. The summed E-state index contributed by atoms with van der Waals surface area (Å²) in [5, 5.41) is 0. The molecule has 3 saturated carbocycles. The molecular formula is C31H55NO. The highest BCUT2D eigenvalue weighted by atomic mass is 16.5. The Morgan fingerprint density at radius 3 is 2.52 bits per heavy atom. The Kier molecular flexibility index (Phi) is 8.06. The Bertz CT molecular complexity index is 682. The molecule has 4 aliphatic carbocycles. The van der Waals surface area contributed by atoms with Crippen LogP contribution in [0.5, 0.6) is 0 Å². The van der Waals surface area contributed by atoms with Crippen LogP contribution in [0.3, 0.4) is 0 Å². The van der Waals surface area contributed by atoms with Crippen LogP contribution in [-0.2, 0) is 4.74 Å². The molecule has 0 saturated heterocycles. The zero-order valence-corrected chi connectivity index (χ0v) is 23.2. The van der Waals surface area contributed by atoms with Crippen LogP contribution >= 0.6 is 0 Å². The summed E-state index contributed by atoms with van der Waals surface area (Å²) >= 11 is 0. The van der Waals surface area contributed by atoms with E-state index in [-0.39, 0.29) is 0 Å². The first-order valence-electron chi connectivity index (χ1n) is 14.6. The van der Waals surface area contributed by atoms with Crippen molar-refractivity contribution in [3.8, 4) is 0 Å². The topological polar surface area (TPSA) is 12.5 Å². The van der Waals surface area contributed by atoms with Crippen molar-refractivity contribution in [2.75, 3.05) is 27.2 Å². The van der Waals surface area contributed by atoms with Crippen molar-refractivity contribution >= 4 is 0 Å². The minimum absolute atomic E-state index is 0.451. The summed E-state index contributed by atoms with van der Waals surface area (Å²) in [5.41, 5.74) is 2.82. The van der Waals surface area contributed by atoms with Crippen LogP contribution in [0.25, 0.3) is 0 Å². The summed E-state index contributed by atoms with van der Waals surface area (Å²) in [7, 11) is 4.28. The lowest BCUT2D eigenvalue weighted by Crippen LogP contribution is -2.51. The maximum atomic E-state index is 6.31. The predicted octanol–water partition coefficient (Wildman–Crippen LogP) is 7.97. The number of nitrogens with zero attached hydrogens (tertiary/aromatic N) is 1. The van der Waals surface area contributed by atoms with Crippen molar-refractivity contribution in [1.29, 1.82) is 0 Å². The largest absolute Gasteiger partial charge is 0.377 e. The molecule has 0 bridgehead atoms. The van der Waals surface area contributed by atoms with Crippen LogP contribution in [0.2, 0.25) is 0 Å². The van der Waals surface area contributed by atoms with E-state index in [0.29, 0.717) is 16.9 Å². The minimum atomic E-state index is 0.451. The van der Waals surface area contributed by atoms with E-state index in [2.05, 4.69) is 59.7 Å². The number of likely N-dealkylation sites (N-methyl/N-ethyl adjacent to an activating group) is 1. The van der Waals surface area contributed by atoms with E-state index in [0.717, 1.165) is 48.7 Å². The molecule has 33 heavy (non-hydrogen) atoms. The Morgan fingerprint density at radius 2 is 1.79 bits per heavy atom. The second-order valence-electron chi connectivity index (χ2n) is 13.8. The summed E-state index contributed by atoms with van der Waals surface area (Å²) in [6.07, 6.45) is 18.6. The molecule has 0 aromatic carbocycles. The van der Waals surface area contributed by atoms with E-state index in [4.69, 9.17) is 4.74 Å². The zero-order chi connectivity index (χ0) is 23.8. The first kappa shape index (κ1) is 25.7. The molecule has 2 nitrogen and oxygen atoms in total. The molecule has 4 aliphatic rings. The summed E-state index contributed by atoms with van der Waals surface area (Å²) in [6.45, 7) is 14.7. The Labute approximate surface area is 206 Å². The third-order valence-corrected chi connectivity index (χ3v) is 11.2. The first-order valence-corrected chi connectivity index (χ1v) is 14.6. The fraction of sp³-hybridized carbons (Fsp3) is 0.935. The fourth-order valence-corrected chi connectivity index (χ4v) is 9.20. The molecule has 7 unspecified atom stereocenters. The highest BCUT2D eigenvalue weighted by molar-refractivity contribution is 5.25. The molecule has 4 rings (SSSR count). The van der Waals surface area contributed by atoms with Crippen molar-refractivity contribution in [3.05, 3.63) is 11.6 Å². The average Bonchev–Trinajstić information content (AvgIpc) is 3.10. The lowest BCUT2D eigenvalue weighted by atomic mass is 9.47. The van der Waals surface area contributed by atoms with E-state index in [1.54, 1.807) is 5.57 Å². The maximum absolute atomic E-state index is 6.31. The van der Waals surface area contributed by atoms with Gasteiger partial charge in [0.15, 0.2) is 0 Å². The lowest BCUT2D eigenvalue weighted by Gasteiger charge is -2.58.